The van der Waals surface area contributed by atoms with Crippen LogP contribution in [-0.4, -0.2) is 47.8 Å². The van der Waals surface area contributed by atoms with Crippen LogP contribution < -0.4 is 10.1 Å². The van der Waals surface area contributed by atoms with E-state index in [9.17, 15) is 4.79 Å². The molecular formula is C25H34BrFN4O3. The maximum atomic E-state index is 15.2. The van der Waals surface area contributed by atoms with Crippen molar-refractivity contribution in [2.24, 2.45) is 0 Å². The number of aryl methyl sites for hydroxylation is 1. The Hall–Kier alpha value is -2.60. The summed E-state index contributed by atoms with van der Waals surface area (Å²) >= 11 is 3.31. The van der Waals surface area contributed by atoms with Gasteiger partial charge in [0, 0.05) is 36.5 Å². The number of carbonyl (C=O) groups excluding carboxylic acids is 1. The van der Waals surface area contributed by atoms with Gasteiger partial charge in [0.1, 0.15) is 11.1 Å². The molecule has 2 heterocycles. The maximum Gasteiger partial charge on any atom is 0.410 e. The number of aromatic nitrogens is 1. The lowest BCUT2D eigenvalue weighted by atomic mass is 10.0. The van der Waals surface area contributed by atoms with Gasteiger partial charge < -0.3 is 19.7 Å². The number of hydrogen-bond donors (Lipinski definition) is 1. The molecule has 1 saturated heterocycles. The van der Waals surface area contributed by atoms with Gasteiger partial charge in [-0.15, -0.1) is 0 Å². The van der Waals surface area contributed by atoms with Gasteiger partial charge in [0.05, 0.1) is 23.3 Å². The molecule has 1 atom stereocenters. The minimum Gasteiger partial charge on any atom is -0.481 e. The first-order valence-electron chi connectivity index (χ1n) is 11.5. The summed E-state index contributed by atoms with van der Waals surface area (Å²) in [6, 6.07) is 3.93. The van der Waals surface area contributed by atoms with E-state index in [1.807, 2.05) is 47.6 Å². The number of amides is 1. The van der Waals surface area contributed by atoms with Gasteiger partial charge in [-0.1, -0.05) is 13.8 Å². The highest BCUT2D eigenvalue weighted by molar-refractivity contribution is 9.10. The van der Waals surface area contributed by atoms with E-state index in [4.69, 9.17) is 14.7 Å². The van der Waals surface area contributed by atoms with Crippen LogP contribution >= 0.6 is 15.9 Å². The predicted molar refractivity (Wildman–Crippen MR) is 136 cm³/mol. The second kappa shape index (κ2) is 11.7. The molecule has 9 heteroatoms. The lowest BCUT2D eigenvalue weighted by molar-refractivity contribution is 0.0293. The summed E-state index contributed by atoms with van der Waals surface area (Å²) in [5, 5.41) is 13.1. The molecule has 1 aliphatic heterocycles. The fourth-order valence-corrected chi connectivity index (χ4v) is 4.30. The highest BCUT2D eigenvalue weighted by atomic mass is 79.9. The second-order valence-corrected chi connectivity index (χ2v) is 9.69. The number of nitriles is 1. The molecule has 7 nitrogen and oxygen atoms in total. The fourth-order valence-electron chi connectivity index (χ4n) is 3.80. The molecule has 0 aliphatic carbocycles. The molecule has 1 unspecified atom stereocenters. The van der Waals surface area contributed by atoms with E-state index in [0.29, 0.717) is 46.5 Å². The molecule has 1 aliphatic rings. The number of hydrogen-bond acceptors (Lipinski definition) is 6. The number of nitrogens with zero attached hydrogens (tertiary/aromatic N) is 3. The number of carbonyl (C=O) groups is 1. The van der Waals surface area contributed by atoms with Crippen LogP contribution in [0.25, 0.3) is 10.9 Å². The minimum absolute atomic E-state index is 0.0363. The van der Waals surface area contributed by atoms with Gasteiger partial charge in [-0.05, 0) is 68.1 Å². The summed E-state index contributed by atoms with van der Waals surface area (Å²) < 4.78 is 26.4. The molecule has 0 radical (unpaired) electrons. The summed E-state index contributed by atoms with van der Waals surface area (Å²) in [4.78, 5) is 18.5. The first-order valence-corrected chi connectivity index (χ1v) is 12.3. The fraction of sp³-hybridized carbons (Fsp3) is 0.560. The summed E-state index contributed by atoms with van der Waals surface area (Å²) in [7, 11) is 1.50. The van der Waals surface area contributed by atoms with Crippen LogP contribution in [0.3, 0.4) is 0 Å². The molecule has 1 N–H and O–H groups in total. The number of pyridine rings is 1. The number of likely N-dealkylation sites (tertiary alicyclic amines) is 1. The zero-order chi connectivity index (χ0) is 25.6. The van der Waals surface area contributed by atoms with Crippen molar-refractivity contribution in [3.63, 3.8) is 0 Å². The van der Waals surface area contributed by atoms with E-state index in [0.717, 1.165) is 12.0 Å². The van der Waals surface area contributed by atoms with E-state index < -0.39 is 11.4 Å². The summed E-state index contributed by atoms with van der Waals surface area (Å²) in [5.41, 5.74) is 1.80. The Morgan fingerprint density at radius 1 is 1.41 bits per heavy atom. The Kier molecular flexibility index (Phi) is 9.51. The molecular weight excluding hydrogens is 503 g/mol. The van der Waals surface area contributed by atoms with E-state index in [2.05, 4.69) is 32.3 Å². The Bertz CT molecular complexity index is 1080. The molecule has 1 amide bonds. The number of methoxy groups -OCH3 is 1. The Balaban J connectivity index is 0.00000199. The van der Waals surface area contributed by atoms with E-state index in [-0.39, 0.29) is 24.1 Å². The standard InChI is InChI=1S/C23H28BrFN4O3.C2H6/c1-13-19(27-15-8-10-29(12-15)22(30)32-23(2,3)4)16-11-14(7-6-9-26)17(24)18(25)20(16)28-21(13)31-5;1-2/h11,15H,6-8,10,12H2,1-5H3,(H,27,28);1-2H3. The Labute approximate surface area is 209 Å². The monoisotopic (exact) mass is 536 g/mol. The number of rotatable bonds is 5. The van der Waals surface area contributed by atoms with Crippen molar-refractivity contribution in [2.45, 2.75) is 72.4 Å². The zero-order valence-electron chi connectivity index (χ0n) is 21.0. The quantitative estimate of drug-likeness (QED) is 0.478. The molecule has 1 aromatic heterocycles. The highest BCUT2D eigenvalue weighted by Gasteiger charge is 2.31. The lowest BCUT2D eigenvalue weighted by Gasteiger charge is -2.25. The van der Waals surface area contributed by atoms with Gasteiger partial charge in [-0.3, -0.25) is 0 Å². The number of anilines is 1. The maximum absolute atomic E-state index is 15.2. The highest BCUT2D eigenvalue weighted by Crippen LogP contribution is 2.38. The van der Waals surface area contributed by atoms with Crippen LogP contribution in [0.1, 0.15) is 58.6 Å². The topological polar surface area (TPSA) is 87.5 Å². The van der Waals surface area contributed by atoms with E-state index >= 15 is 4.39 Å². The molecule has 0 bridgehead atoms. The molecule has 34 heavy (non-hydrogen) atoms. The van der Waals surface area contributed by atoms with Crippen LogP contribution in [0.2, 0.25) is 0 Å². The molecule has 0 spiro atoms. The third-order valence-electron chi connectivity index (χ3n) is 5.32. The number of benzene rings is 1. The smallest absolute Gasteiger partial charge is 0.410 e. The summed E-state index contributed by atoms with van der Waals surface area (Å²) in [5.74, 6) is -0.156. The molecule has 186 valence electrons. The third kappa shape index (κ3) is 6.29. The molecule has 2 aromatic rings. The third-order valence-corrected chi connectivity index (χ3v) is 6.18. The van der Waals surface area contributed by atoms with E-state index in [1.165, 1.54) is 7.11 Å². The Morgan fingerprint density at radius 2 is 2.09 bits per heavy atom. The predicted octanol–water partition coefficient (Wildman–Crippen LogP) is 6.36. The molecule has 1 aromatic carbocycles. The molecule has 1 fully saturated rings. The van der Waals surface area contributed by atoms with Gasteiger partial charge in [0.25, 0.3) is 0 Å². The number of fused-ring (bicyclic) bond motifs is 1. The summed E-state index contributed by atoms with van der Waals surface area (Å²) in [6.07, 6.45) is 1.09. The van der Waals surface area contributed by atoms with Gasteiger partial charge in [-0.2, -0.15) is 5.26 Å². The first kappa shape index (κ1) is 27.6. The first-order chi connectivity index (χ1) is 16.1. The van der Waals surface area contributed by atoms with Crippen LogP contribution in [0, 0.1) is 24.1 Å². The molecule has 0 saturated carbocycles. The average Bonchev–Trinajstić information content (AvgIpc) is 3.26. The summed E-state index contributed by atoms with van der Waals surface area (Å²) in [6.45, 7) is 12.4. The second-order valence-electron chi connectivity index (χ2n) is 8.90. The van der Waals surface area contributed by atoms with Crippen molar-refractivity contribution in [2.75, 3.05) is 25.5 Å². The zero-order valence-corrected chi connectivity index (χ0v) is 22.6. The van der Waals surface area contributed by atoms with Gasteiger partial charge >= 0.3 is 6.09 Å². The van der Waals surface area contributed by atoms with Crippen LogP contribution in [0.4, 0.5) is 14.9 Å². The number of nitrogens with one attached hydrogen (secondary N) is 1. The SMILES string of the molecule is CC.COc1nc2c(F)c(Br)c(CCC#N)cc2c(NC2CCN(C(=O)OC(C)(C)C)C2)c1C. The van der Waals surface area contributed by atoms with Crippen molar-refractivity contribution in [1.29, 1.82) is 5.26 Å². The van der Waals surface area contributed by atoms with Gasteiger partial charge in [0.15, 0.2) is 5.82 Å². The van der Waals surface area contributed by atoms with Crippen molar-refractivity contribution in [3.05, 3.63) is 27.5 Å². The van der Waals surface area contributed by atoms with Gasteiger partial charge in [-0.25, -0.2) is 14.2 Å². The van der Waals surface area contributed by atoms with Crippen molar-refractivity contribution in [1.82, 2.24) is 9.88 Å². The molecule has 3 rings (SSSR count). The van der Waals surface area contributed by atoms with Gasteiger partial charge in [0.2, 0.25) is 5.88 Å². The minimum atomic E-state index is -0.557. The van der Waals surface area contributed by atoms with E-state index in [1.54, 1.807) is 4.90 Å². The van der Waals surface area contributed by atoms with Crippen LogP contribution in [0.5, 0.6) is 5.88 Å². The number of halogens is 2. The average molecular weight is 537 g/mol. The lowest BCUT2D eigenvalue weighted by Crippen LogP contribution is -2.36. The Morgan fingerprint density at radius 3 is 2.68 bits per heavy atom. The van der Waals surface area contributed by atoms with Crippen molar-refractivity contribution < 1.29 is 18.7 Å². The van der Waals surface area contributed by atoms with Crippen molar-refractivity contribution >= 4 is 38.6 Å². The van der Waals surface area contributed by atoms with Crippen molar-refractivity contribution in [3.8, 4) is 11.9 Å². The largest absolute Gasteiger partial charge is 0.481 e. The normalized spacial score (nSPS) is 15.4. The number of ether oxygens (including phenoxy) is 2. The van der Waals surface area contributed by atoms with Crippen LogP contribution in [-0.2, 0) is 11.2 Å². The van der Waals surface area contributed by atoms with Crippen LogP contribution in [0.15, 0.2) is 10.5 Å².